The van der Waals surface area contributed by atoms with E-state index in [0.717, 1.165) is 0 Å². The van der Waals surface area contributed by atoms with Crippen LogP contribution in [0.3, 0.4) is 0 Å². The van der Waals surface area contributed by atoms with Crippen molar-refractivity contribution in [2.24, 2.45) is 0 Å². The molecule has 2 rings (SSSR count). The van der Waals surface area contributed by atoms with Crippen LogP contribution in [0.1, 0.15) is 29.8 Å². The van der Waals surface area contributed by atoms with E-state index in [4.69, 9.17) is 9.84 Å². The van der Waals surface area contributed by atoms with Gasteiger partial charge in [0.25, 0.3) is 0 Å². The van der Waals surface area contributed by atoms with Gasteiger partial charge < -0.3 is 14.9 Å². The minimum Gasteiger partial charge on any atom is -0.508 e. The number of aliphatic hydroxyl groups excluding tert-OH is 1. The van der Waals surface area contributed by atoms with Gasteiger partial charge in [0.15, 0.2) is 5.60 Å². The lowest BCUT2D eigenvalue weighted by Crippen LogP contribution is -2.33. The minimum atomic E-state index is -1.000. The van der Waals surface area contributed by atoms with E-state index < -0.39 is 11.6 Å². The normalized spacial score (nSPS) is 17.0. The van der Waals surface area contributed by atoms with Gasteiger partial charge in [0.2, 0.25) is 0 Å². The van der Waals surface area contributed by atoms with Gasteiger partial charge in [-0.3, -0.25) is 0 Å². The van der Waals surface area contributed by atoms with E-state index in [0.29, 0.717) is 11.3 Å². The smallest absolute Gasteiger partial charge is 0.335 e. The first-order chi connectivity index (χ1) is 7.40. The molecular weight excluding hydrogens is 208 g/mol. The second-order valence-electron chi connectivity index (χ2n) is 4.20. The van der Waals surface area contributed by atoms with Crippen LogP contribution in [0.4, 0.5) is 0 Å². The Morgan fingerprint density at radius 1 is 1.38 bits per heavy atom. The number of benzene rings is 1. The standard InChI is InChI=1S/C12H12O4/c1-12(2)10(13)6-8-5-7(11(14)15)3-4-9(8)16-12/h3-6,13H,1-2H3,(H,14,15). The number of hydrogen-bond acceptors (Lipinski definition) is 3. The summed E-state index contributed by atoms with van der Waals surface area (Å²) in [7, 11) is 0. The third-order valence-corrected chi connectivity index (χ3v) is 2.53. The number of ether oxygens (including phenoxy) is 1. The van der Waals surface area contributed by atoms with Crippen molar-refractivity contribution in [3.05, 3.63) is 35.1 Å². The van der Waals surface area contributed by atoms with E-state index in [1.807, 2.05) is 0 Å². The number of rotatable bonds is 1. The fourth-order valence-electron chi connectivity index (χ4n) is 1.54. The van der Waals surface area contributed by atoms with Crippen LogP contribution in [0.15, 0.2) is 24.0 Å². The van der Waals surface area contributed by atoms with E-state index in [-0.39, 0.29) is 11.3 Å². The molecule has 1 aromatic rings. The van der Waals surface area contributed by atoms with Crippen molar-refractivity contribution in [1.29, 1.82) is 0 Å². The second-order valence-corrected chi connectivity index (χ2v) is 4.20. The van der Waals surface area contributed by atoms with Crippen LogP contribution in [-0.4, -0.2) is 21.8 Å². The van der Waals surface area contributed by atoms with Crippen LogP contribution in [0.25, 0.3) is 6.08 Å². The van der Waals surface area contributed by atoms with Crippen molar-refractivity contribution < 1.29 is 19.7 Å². The molecule has 16 heavy (non-hydrogen) atoms. The predicted molar refractivity (Wildman–Crippen MR) is 58.7 cm³/mol. The molecular formula is C12H12O4. The van der Waals surface area contributed by atoms with Gasteiger partial charge >= 0.3 is 5.97 Å². The van der Waals surface area contributed by atoms with Crippen LogP contribution in [0, 0.1) is 0 Å². The summed E-state index contributed by atoms with van der Waals surface area (Å²) < 4.78 is 5.56. The Morgan fingerprint density at radius 3 is 2.69 bits per heavy atom. The van der Waals surface area contributed by atoms with E-state index in [1.165, 1.54) is 18.2 Å². The fraction of sp³-hybridized carbons (Fsp3) is 0.250. The summed E-state index contributed by atoms with van der Waals surface area (Å²) in [5.74, 6) is -0.337. The van der Waals surface area contributed by atoms with E-state index in [1.54, 1.807) is 19.9 Å². The summed E-state index contributed by atoms with van der Waals surface area (Å²) in [4.78, 5) is 10.8. The molecule has 1 aliphatic rings. The van der Waals surface area contributed by atoms with Crippen LogP contribution >= 0.6 is 0 Å². The second kappa shape index (κ2) is 3.27. The maximum Gasteiger partial charge on any atom is 0.335 e. The molecule has 0 atom stereocenters. The van der Waals surface area contributed by atoms with Gasteiger partial charge in [-0.15, -0.1) is 0 Å². The predicted octanol–water partition coefficient (Wildman–Crippen LogP) is 2.45. The van der Waals surface area contributed by atoms with Gasteiger partial charge in [-0.05, 0) is 38.1 Å². The Hall–Kier alpha value is -1.97. The Kier molecular flexibility index (Phi) is 2.15. The number of aromatic carboxylic acids is 1. The van der Waals surface area contributed by atoms with Crippen LogP contribution in [-0.2, 0) is 0 Å². The van der Waals surface area contributed by atoms with Crippen LogP contribution < -0.4 is 4.74 Å². The molecule has 0 saturated carbocycles. The molecule has 4 nitrogen and oxygen atoms in total. The monoisotopic (exact) mass is 220 g/mol. The average molecular weight is 220 g/mol. The highest BCUT2D eigenvalue weighted by Crippen LogP contribution is 2.34. The lowest BCUT2D eigenvalue weighted by molar-refractivity contribution is 0.0696. The lowest BCUT2D eigenvalue weighted by Gasteiger charge is -2.30. The number of carboxylic acid groups (broad SMARTS) is 1. The van der Waals surface area contributed by atoms with Crippen LogP contribution in [0.5, 0.6) is 5.75 Å². The van der Waals surface area contributed by atoms with Crippen molar-refractivity contribution in [3.8, 4) is 5.75 Å². The average Bonchev–Trinajstić information content (AvgIpc) is 2.18. The Labute approximate surface area is 92.8 Å². The fourth-order valence-corrected chi connectivity index (χ4v) is 1.54. The first-order valence-corrected chi connectivity index (χ1v) is 4.87. The zero-order valence-electron chi connectivity index (χ0n) is 9.02. The highest BCUT2D eigenvalue weighted by Gasteiger charge is 2.30. The third kappa shape index (κ3) is 1.62. The summed E-state index contributed by atoms with van der Waals surface area (Å²) in [6.45, 7) is 3.49. The Bertz CT molecular complexity index is 486. The van der Waals surface area contributed by atoms with Crippen molar-refractivity contribution in [1.82, 2.24) is 0 Å². The molecule has 0 spiro atoms. The molecule has 1 aliphatic heterocycles. The van der Waals surface area contributed by atoms with Gasteiger partial charge in [0, 0.05) is 5.56 Å². The van der Waals surface area contributed by atoms with Gasteiger partial charge in [-0.25, -0.2) is 4.79 Å². The number of carboxylic acids is 1. The molecule has 4 heteroatoms. The van der Waals surface area contributed by atoms with Crippen molar-refractivity contribution in [3.63, 3.8) is 0 Å². The highest BCUT2D eigenvalue weighted by molar-refractivity contribution is 5.89. The number of aliphatic hydroxyl groups is 1. The van der Waals surface area contributed by atoms with E-state index in [2.05, 4.69) is 0 Å². The minimum absolute atomic E-state index is 0.0857. The lowest BCUT2D eigenvalue weighted by atomic mass is 9.99. The molecule has 0 aromatic heterocycles. The summed E-state index contributed by atoms with van der Waals surface area (Å²) >= 11 is 0. The number of carbonyl (C=O) groups is 1. The van der Waals surface area contributed by atoms with E-state index in [9.17, 15) is 9.90 Å². The van der Waals surface area contributed by atoms with Crippen molar-refractivity contribution >= 4 is 12.0 Å². The summed E-state index contributed by atoms with van der Waals surface area (Å²) in [6, 6.07) is 4.56. The molecule has 0 saturated heterocycles. The first kappa shape index (κ1) is 10.5. The maximum absolute atomic E-state index is 10.8. The van der Waals surface area contributed by atoms with Gasteiger partial charge in [0.05, 0.1) is 5.56 Å². The molecule has 0 bridgehead atoms. The first-order valence-electron chi connectivity index (χ1n) is 4.87. The molecule has 1 aromatic carbocycles. The topological polar surface area (TPSA) is 66.8 Å². The van der Waals surface area contributed by atoms with Gasteiger partial charge in [0.1, 0.15) is 11.5 Å². The highest BCUT2D eigenvalue weighted by atomic mass is 16.5. The Morgan fingerprint density at radius 2 is 2.06 bits per heavy atom. The van der Waals surface area contributed by atoms with Gasteiger partial charge in [-0.2, -0.15) is 0 Å². The molecule has 1 heterocycles. The molecule has 0 unspecified atom stereocenters. The number of fused-ring (bicyclic) bond motifs is 1. The zero-order valence-corrected chi connectivity index (χ0v) is 9.02. The van der Waals surface area contributed by atoms with E-state index >= 15 is 0 Å². The molecule has 0 fully saturated rings. The quantitative estimate of drug-likeness (QED) is 0.762. The maximum atomic E-state index is 10.8. The summed E-state index contributed by atoms with van der Waals surface area (Å²) in [6.07, 6.45) is 1.53. The molecule has 0 radical (unpaired) electrons. The Balaban J connectivity index is 2.51. The SMILES string of the molecule is CC1(C)Oc2ccc(C(=O)O)cc2C=C1O. The summed E-state index contributed by atoms with van der Waals surface area (Å²) in [5, 5.41) is 18.5. The van der Waals surface area contributed by atoms with Gasteiger partial charge in [-0.1, -0.05) is 0 Å². The summed E-state index contributed by atoms with van der Waals surface area (Å²) in [5.41, 5.74) is -0.0135. The molecule has 0 aliphatic carbocycles. The third-order valence-electron chi connectivity index (χ3n) is 2.53. The molecule has 0 amide bonds. The molecule has 2 N–H and O–H groups in total. The molecule has 84 valence electrons. The van der Waals surface area contributed by atoms with Crippen molar-refractivity contribution in [2.45, 2.75) is 19.4 Å². The zero-order chi connectivity index (χ0) is 11.9. The largest absolute Gasteiger partial charge is 0.508 e. The number of hydrogen-bond donors (Lipinski definition) is 2. The van der Waals surface area contributed by atoms with Crippen molar-refractivity contribution in [2.75, 3.05) is 0 Å². The van der Waals surface area contributed by atoms with Crippen LogP contribution in [0.2, 0.25) is 0 Å².